The predicted octanol–water partition coefficient (Wildman–Crippen LogP) is 11.2. The van der Waals surface area contributed by atoms with Gasteiger partial charge in [0.2, 0.25) is 20.0 Å². The van der Waals surface area contributed by atoms with E-state index in [-0.39, 0.29) is 71.6 Å². The van der Waals surface area contributed by atoms with Gasteiger partial charge in [-0.25, -0.2) is 35.2 Å². The molecule has 0 spiro atoms. The first-order valence-electron chi connectivity index (χ1n) is 27.1. The highest BCUT2D eigenvalue weighted by Crippen LogP contribution is 2.43. The third-order valence-corrected chi connectivity index (χ3v) is 17.4. The smallest absolute Gasteiger partial charge is 0.455 e. The SMILES string of the molecule is CC(C)(C)OC(=O)N1CC=C(B2OC(C)(C)C(C)(C)O2)C1.CNC(=O)c1c(-c2ccc(F)cc2)oc2cc(N(C)S(C)(=O)=O)c(Br)cc12.CNC(=O)c1c(-c2ccc(F)cc2)oc2cc(N(C)S(C)(=O)=O)c(C3=CCN(C(=O)OC(C)(C)C)C3)cc12. The van der Waals surface area contributed by atoms with Crippen LogP contribution in [0.15, 0.2) is 104 Å². The van der Waals surface area contributed by atoms with E-state index in [9.17, 15) is 44.8 Å². The van der Waals surface area contributed by atoms with Crippen LogP contribution in [0.1, 0.15) is 95.5 Å². The molecule has 9 rings (SSSR count). The number of fused-ring (bicyclic) bond motifs is 2. The Balaban J connectivity index is 0.000000194. The number of hydrogen-bond donors (Lipinski definition) is 2. The number of amides is 4. The molecule has 0 unspecified atom stereocenters. The summed E-state index contributed by atoms with van der Waals surface area (Å²) in [6.45, 7) is 20.5. The van der Waals surface area contributed by atoms with Crippen molar-refractivity contribution in [3.8, 4) is 22.6 Å². The van der Waals surface area contributed by atoms with E-state index in [1.54, 1.807) is 49.9 Å². The molecular weight excluding hydrogens is 1220 g/mol. The van der Waals surface area contributed by atoms with Gasteiger partial charge >= 0.3 is 19.3 Å². The summed E-state index contributed by atoms with van der Waals surface area (Å²) in [4.78, 5) is 53.4. The van der Waals surface area contributed by atoms with E-state index < -0.39 is 54.9 Å². The van der Waals surface area contributed by atoms with Gasteiger partial charge in [0.05, 0.1) is 46.2 Å². The van der Waals surface area contributed by atoms with E-state index in [0.29, 0.717) is 67.6 Å². The fourth-order valence-electron chi connectivity index (χ4n) is 9.09. The van der Waals surface area contributed by atoms with Crippen molar-refractivity contribution in [2.24, 2.45) is 0 Å². The van der Waals surface area contributed by atoms with Gasteiger partial charge in [0.25, 0.3) is 11.8 Å². The molecule has 0 radical (unpaired) electrons. The minimum Gasteiger partial charge on any atom is -0.455 e. The second-order valence-electron chi connectivity index (χ2n) is 23.7. The number of rotatable bonds is 10. The monoisotopic (exact) mass is 1290 g/mol. The number of anilines is 2. The van der Waals surface area contributed by atoms with Gasteiger partial charge in [-0.05, 0) is 157 Å². The summed E-state index contributed by atoms with van der Waals surface area (Å²) < 4.78 is 113. The van der Waals surface area contributed by atoms with Crippen molar-refractivity contribution in [3.05, 3.63) is 123 Å². The highest BCUT2D eigenvalue weighted by molar-refractivity contribution is 9.10. The van der Waals surface area contributed by atoms with Crippen LogP contribution in [0.3, 0.4) is 0 Å². The number of sulfonamides is 2. The lowest BCUT2D eigenvalue weighted by atomic mass is 9.79. The van der Waals surface area contributed by atoms with E-state index in [2.05, 4.69) is 26.6 Å². The zero-order valence-corrected chi connectivity index (χ0v) is 54.2. The zero-order valence-electron chi connectivity index (χ0n) is 50.9. The molecule has 6 aromatic rings. The Hall–Kier alpha value is -7.26. The Bertz CT molecular complexity index is 3890. The van der Waals surface area contributed by atoms with Gasteiger partial charge in [0.1, 0.15) is 45.5 Å². The number of nitrogens with one attached hydrogen (secondary N) is 2. The number of ether oxygens (including phenoxy) is 2. The number of nitrogens with zero attached hydrogens (tertiary/aromatic N) is 4. The summed E-state index contributed by atoms with van der Waals surface area (Å²) in [7, 11) is -1.72. The quantitative estimate of drug-likeness (QED) is 0.121. The molecular formula is C60H72BBrF2N6O14S2. The van der Waals surface area contributed by atoms with E-state index in [0.717, 1.165) is 26.6 Å². The van der Waals surface area contributed by atoms with Crippen LogP contribution in [-0.4, -0.2) is 147 Å². The number of carbonyl (C=O) groups is 4. The minimum absolute atomic E-state index is 0.184. The van der Waals surface area contributed by atoms with Crippen molar-refractivity contribution in [1.82, 2.24) is 20.4 Å². The molecule has 86 heavy (non-hydrogen) atoms. The van der Waals surface area contributed by atoms with Crippen LogP contribution < -0.4 is 19.2 Å². The molecule has 4 amide bonds. The standard InChI is InChI=1S/C27H30FN3O6S.C18H16BrFN2O4S.C15H26BNO4/c1-27(2,3)37-26(33)31-12-11-17(15-31)19-13-20-22(14-21(19)30(5)38(6,34)35)36-24(23(20)25(32)29-4)16-7-9-18(28)10-8-16;1-21-18(23)16-12-8-13(19)14(22(2)27(3,24)25)9-15(12)26-17(16)10-4-6-11(20)7-5-10;1-13(2,3)19-12(18)17-9-8-11(10-17)16-20-14(4,5)15(6,7)21-16/h7-11,13-14H,12,15H2,1-6H3,(H,29,32);4-9H,1-3H3,(H,21,23);8H,9-10H2,1-7H3. The summed E-state index contributed by atoms with van der Waals surface area (Å²) in [5.41, 5.74) is 3.14. The third-order valence-electron chi connectivity index (χ3n) is 14.4. The van der Waals surface area contributed by atoms with Crippen LogP contribution >= 0.6 is 15.9 Å². The van der Waals surface area contributed by atoms with E-state index in [1.807, 2.05) is 60.6 Å². The van der Waals surface area contributed by atoms with Crippen LogP contribution in [0, 0.1) is 11.6 Å². The number of benzene rings is 4. The molecule has 0 bridgehead atoms. The van der Waals surface area contributed by atoms with Gasteiger partial charge in [0, 0.05) is 98.4 Å². The number of furan rings is 2. The molecule has 1 fully saturated rings. The Kier molecular flexibility index (Phi) is 19.1. The lowest BCUT2D eigenvalue weighted by Gasteiger charge is -2.32. The van der Waals surface area contributed by atoms with Crippen LogP contribution in [0.25, 0.3) is 50.2 Å². The molecule has 0 saturated carbocycles. The molecule has 0 atom stereocenters. The third kappa shape index (κ3) is 14.9. The van der Waals surface area contributed by atoms with E-state index in [4.69, 9.17) is 27.6 Å². The fourth-order valence-corrected chi connectivity index (χ4v) is 10.8. The summed E-state index contributed by atoms with van der Waals surface area (Å²) in [5, 5.41) is 6.13. The normalized spacial score (nSPS) is 15.7. The topological polar surface area (TPSA) is 237 Å². The van der Waals surface area contributed by atoms with Crippen LogP contribution in [0.5, 0.6) is 0 Å². The largest absolute Gasteiger partial charge is 0.492 e. The second kappa shape index (κ2) is 24.8. The molecule has 26 heteroatoms. The van der Waals surface area contributed by atoms with Crippen LogP contribution in [-0.2, 0) is 38.8 Å². The predicted molar refractivity (Wildman–Crippen MR) is 332 cm³/mol. The Morgan fingerprint density at radius 1 is 0.628 bits per heavy atom. The molecule has 462 valence electrons. The summed E-state index contributed by atoms with van der Waals surface area (Å²) in [5.74, 6) is -1.14. The van der Waals surface area contributed by atoms with Gasteiger partial charge in [-0.2, -0.15) is 0 Å². The maximum absolute atomic E-state index is 13.6. The molecule has 20 nitrogen and oxygen atoms in total. The Morgan fingerprint density at radius 2 is 1.02 bits per heavy atom. The second-order valence-corrected chi connectivity index (χ2v) is 28.6. The van der Waals surface area contributed by atoms with Gasteiger partial charge in [-0.15, -0.1) is 0 Å². The summed E-state index contributed by atoms with van der Waals surface area (Å²) >= 11 is 3.36. The average molecular weight is 1290 g/mol. The number of hydrogen-bond acceptors (Lipinski definition) is 14. The van der Waals surface area contributed by atoms with Gasteiger partial charge < -0.3 is 48.1 Å². The molecule has 3 aliphatic heterocycles. The maximum Gasteiger partial charge on any atom is 0.492 e. The summed E-state index contributed by atoms with van der Waals surface area (Å²) in [6.07, 6.45) is 5.20. The fraction of sp³-hybridized carbons (Fsp3) is 0.400. The highest BCUT2D eigenvalue weighted by Gasteiger charge is 2.53. The minimum atomic E-state index is -3.67. The highest BCUT2D eigenvalue weighted by atomic mass is 79.9. The summed E-state index contributed by atoms with van der Waals surface area (Å²) in [6, 6.07) is 17.5. The number of halogens is 3. The van der Waals surface area contributed by atoms with Crippen molar-refractivity contribution in [1.29, 1.82) is 0 Å². The molecule has 4 aromatic carbocycles. The molecule has 2 aromatic heterocycles. The van der Waals surface area contributed by atoms with Gasteiger partial charge in [-0.3, -0.25) is 18.2 Å². The molecule has 1 saturated heterocycles. The molecule has 3 aliphatic rings. The first kappa shape index (κ1) is 66.3. The van der Waals surface area contributed by atoms with Crippen LogP contribution in [0.2, 0.25) is 0 Å². The van der Waals surface area contributed by atoms with Crippen molar-refractivity contribution < 1.29 is 72.4 Å². The lowest BCUT2D eigenvalue weighted by Crippen LogP contribution is -2.41. The molecule has 5 heterocycles. The van der Waals surface area contributed by atoms with Gasteiger partial charge in [-0.1, -0.05) is 12.2 Å². The van der Waals surface area contributed by atoms with Crippen molar-refractivity contribution in [3.63, 3.8) is 0 Å². The number of carbonyl (C=O) groups excluding carboxylic acids is 4. The van der Waals surface area contributed by atoms with Crippen molar-refractivity contribution in [2.75, 3.05) is 75.5 Å². The molecule has 2 N–H and O–H groups in total. The average Bonchev–Trinajstić information content (AvgIpc) is 1.87. The lowest BCUT2D eigenvalue weighted by molar-refractivity contribution is 0.00578. The first-order valence-corrected chi connectivity index (χ1v) is 31.6. The van der Waals surface area contributed by atoms with Gasteiger partial charge in [0.15, 0.2) is 0 Å². The molecule has 0 aliphatic carbocycles. The van der Waals surface area contributed by atoms with Crippen molar-refractivity contribution in [2.45, 2.75) is 91.6 Å². The van der Waals surface area contributed by atoms with Crippen molar-refractivity contribution >= 4 is 106 Å². The van der Waals surface area contributed by atoms with E-state index >= 15 is 0 Å². The van der Waals surface area contributed by atoms with E-state index in [1.165, 1.54) is 81.6 Å². The van der Waals surface area contributed by atoms with Crippen LogP contribution in [0.4, 0.5) is 29.7 Å². The zero-order chi connectivity index (χ0) is 64.0. The Labute approximate surface area is 509 Å². The maximum atomic E-state index is 13.6. The Morgan fingerprint density at radius 3 is 1.44 bits per heavy atom. The first-order chi connectivity index (χ1) is 39.7.